The number of nitrogens with zero attached hydrogens (tertiary/aromatic N) is 3. The quantitative estimate of drug-likeness (QED) is 0.869. The normalized spacial score (nSPS) is 19.8. The van der Waals surface area contributed by atoms with Crippen LogP contribution in [0.25, 0.3) is 10.2 Å². The zero-order chi connectivity index (χ0) is 13.4. The number of carbonyl (C=O) groups is 1. The van der Waals surface area contributed by atoms with Crippen LogP contribution in [-0.4, -0.2) is 45.1 Å². The third-order valence-corrected chi connectivity index (χ3v) is 5.37. The second kappa shape index (κ2) is 4.97. The van der Waals surface area contributed by atoms with Gasteiger partial charge in [0.1, 0.15) is 9.71 Å². The highest BCUT2D eigenvalue weighted by molar-refractivity contribution is 7.99. The number of amides is 1. The van der Waals surface area contributed by atoms with Gasteiger partial charge in [0, 0.05) is 29.5 Å². The molecule has 0 spiro atoms. The highest BCUT2D eigenvalue weighted by Crippen LogP contribution is 2.33. The minimum absolute atomic E-state index is 0.0210. The van der Waals surface area contributed by atoms with E-state index in [0.29, 0.717) is 15.8 Å². The molecule has 0 saturated carbocycles. The zero-order valence-electron chi connectivity index (χ0n) is 10.5. The van der Waals surface area contributed by atoms with Crippen LogP contribution in [0.3, 0.4) is 0 Å². The van der Waals surface area contributed by atoms with Crippen molar-refractivity contribution >= 4 is 44.9 Å². The van der Waals surface area contributed by atoms with Crippen LogP contribution in [0.5, 0.6) is 0 Å². The van der Waals surface area contributed by atoms with Gasteiger partial charge in [-0.25, -0.2) is 0 Å². The van der Waals surface area contributed by atoms with Gasteiger partial charge in [0.05, 0.1) is 11.9 Å². The van der Waals surface area contributed by atoms with Gasteiger partial charge >= 0.3 is 0 Å². The first kappa shape index (κ1) is 12.7. The first-order valence-corrected chi connectivity index (χ1v) is 7.94. The number of thioether (sulfide) groups is 1. The topological polar surface area (TPSA) is 72.1 Å². The average Bonchev–Trinajstić information content (AvgIpc) is 2.76. The number of aromatic nitrogens is 2. The number of anilines is 1. The maximum Gasteiger partial charge on any atom is 0.266 e. The Labute approximate surface area is 119 Å². The molecule has 7 heteroatoms. The van der Waals surface area contributed by atoms with Gasteiger partial charge in [-0.15, -0.1) is 16.4 Å². The van der Waals surface area contributed by atoms with Crippen molar-refractivity contribution in [2.45, 2.75) is 12.2 Å². The predicted octanol–water partition coefficient (Wildman–Crippen LogP) is 1.85. The van der Waals surface area contributed by atoms with Crippen LogP contribution in [0.1, 0.15) is 16.6 Å². The molecule has 3 heterocycles. The summed E-state index contributed by atoms with van der Waals surface area (Å²) < 4.78 is 0. The Kier molecular flexibility index (Phi) is 3.32. The Morgan fingerprint density at radius 1 is 1.58 bits per heavy atom. The molecule has 1 saturated heterocycles. The van der Waals surface area contributed by atoms with Crippen molar-refractivity contribution < 1.29 is 4.79 Å². The SMILES string of the molecule is CC1CN(C(=O)c2sc3nnccc3c2N)CCS1. The van der Waals surface area contributed by atoms with E-state index in [1.807, 2.05) is 16.7 Å². The lowest BCUT2D eigenvalue weighted by Crippen LogP contribution is -2.40. The fourth-order valence-electron chi connectivity index (χ4n) is 2.18. The van der Waals surface area contributed by atoms with Crippen molar-refractivity contribution in [3.8, 4) is 0 Å². The zero-order valence-corrected chi connectivity index (χ0v) is 12.1. The van der Waals surface area contributed by atoms with Crippen molar-refractivity contribution in [3.05, 3.63) is 17.1 Å². The molecular formula is C12H14N4OS2. The minimum atomic E-state index is 0.0210. The standard InChI is InChI=1S/C12H14N4OS2/c1-7-6-16(4-5-18-7)12(17)10-9(13)8-2-3-14-15-11(8)19-10/h2-3,7H,4-6,13H2,1H3. The number of carbonyl (C=O) groups excluding carboxylic acids is 1. The van der Waals surface area contributed by atoms with Crippen LogP contribution in [0.4, 0.5) is 5.69 Å². The molecule has 0 bridgehead atoms. The Morgan fingerprint density at radius 2 is 2.42 bits per heavy atom. The number of thiophene rings is 1. The largest absolute Gasteiger partial charge is 0.397 e. The predicted molar refractivity (Wildman–Crippen MR) is 79.7 cm³/mol. The molecule has 2 N–H and O–H groups in total. The molecule has 0 aliphatic carbocycles. The van der Waals surface area contributed by atoms with E-state index in [1.54, 1.807) is 12.3 Å². The van der Waals surface area contributed by atoms with Gasteiger partial charge in [-0.05, 0) is 6.07 Å². The summed E-state index contributed by atoms with van der Waals surface area (Å²) in [7, 11) is 0. The van der Waals surface area contributed by atoms with Crippen LogP contribution in [0, 0.1) is 0 Å². The molecule has 1 unspecified atom stereocenters. The highest BCUT2D eigenvalue weighted by Gasteiger charge is 2.26. The monoisotopic (exact) mass is 294 g/mol. The summed E-state index contributed by atoms with van der Waals surface area (Å²) in [6, 6.07) is 1.81. The Bertz CT molecular complexity index is 627. The number of hydrogen-bond acceptors (Lipinski definition) is 6. The summed E-state index contributed by atoms with van der Waals surface area (Å²) in [6.07, 6.45) is 1.60. The van der Waals surface area contributed by atoms with Gasteiger partial charge < -0.3 is 10.6 Å². The van der Waals surface area contributed by atoms with E-state index in [2.05, 4.69) is 17.1 Å². The van der Waals surface area contributed by atoms with Crippen LogP contribution in [0.15, 0.2) is 12.3 Å². The summed E-state index contributed by atoms with van der Waals surface area (Å²) in [6.45, 7) is 3.71. The number of hydrogen-bond donors (Lipinski definition) is 1. The molecule has 100 valence electrons. The molecule has 1 amide bonds. The molecule has 2 aromatic rings. The highest BCUT2D eigenvalue weighted by atomic mass is 32.2. The van der Waals surface area contributed by atoms with E-state index in [-0.39, 0.29) is 5.91 Å². The maximum atomic E-state index is 12.5. The van der Waals surface area contributed by atoms with Gasteiger partial charge in [0.25, 0.3) is 5.91 Å². The van der Waals surface area contributed by atoms with Crippen molar-refractivity contribution in [1.82, 2.24) is 15.1 Å². The van der Waals surface area contributed by atoms with Crippen LogP contribution < -0.4 is 5.73 Å². The fourth-order valence-corrected chi connectivity index (χ4v) is 4.20. The van der Waals surface area contributed by atoms with E-state index < -0.39 is 0 Å². The van der Waals surface area contributed by atoms with Crippen LogP contribution >= 0.6 is 23.1 Å². The average molecular weight is 294 g/mol. The minimum Gasteiger partial charge on any atom is -0.397 e. The van der Waals surface area contributed by atoms with Gasteiger partial charge in [-0.1, -0.05) is 6.92 Å². The van der Waals surface area contributed by atoms with Crippen LogP contribution in [-0.2, 0) is 0 Å². The summed E-state index contributed by atoms with van der Waals surface area (Å²) in [5.41, 5.74) is 6.60. The third kappa shape index (κ3) is 2.28. The number of rotatable bonds is 1. The Hall–Kier alpha value is -1.34. The van der Waals surface area contributed by atoms with Gasteiger partial charge in [0.15, 0.2) is 0 Å². The third-order valence-electron chi connectivity index (χ3n) is 3.14. The van der Waals surface area contributed by atoms with Crippen molar-refractivity contribution in [2.75, 3.05) is 24.6 Å². The van der Waals surface area contributed by atoms with Crippen LogP contribution in [0.2, 0.25) is 0 Å². The first-order valence-electron chi connectivity index (χ1n) is 6.07. The molecule has 5 nitrogen and oxygen atoms in total. The molecular weight excluding hydrogens is 280 g/mol. The molecule has 3 rings (SSSR count). The molecule has 0 aromatic carbocycles. The summed E-state index contributed by atoms with van der Waals surface area (Å²) in [5, 5.41) is 9.15. The summed E-state index contributed by atoms with van der Waals surface area (Å²) in [5.74, 6) is 1.00. The first-order chi connectivity index (χ1) is 9.16. The lowest BCUT2D eigenvalue weighted by molar-refractivity contribution is 0.0769. The number of nitrogens with two attached hydrogens (primary N) is 1. The van der Waals surface area contributed by atoms with E-state index in [9.17, 15) is 4.79 Å². The van der Waals surface area contributed by atoms with Crippen molar-refractivity contribution in [1.29, 1.82) is 0 Å². The number of fused-ring (bicyclic) bond motifs is 1. The van der Waals surface area contributed by atoms with E-state index in [4.69, 9.17) is 5.73 Å². The van der Waals surface area contributed by atoms with Crippen molar-refractivity contribution in [2.24, 2.45) is 0 Å². The summed E-state index contributed by atoms with van der Waals surface area (Å²) in [4.78, 5) is 15.7. The molecule has 0 radical (unpaired) electrons. The Morgan fingerprint density at radius 3 is 3.16 bits per heavy atom. The van der Waals surface area contributed by atoms with Gasteiger partial charge in [-0.2, -0.15) is 16.9 Å². The Balaban J connectivity index is 1.95. The maximum absolute atomic E-state index is 12.5. The second-order valence-corrected chi connectivity index (χ2v) is 7.07. The van der Waals surface area contributed by atoms with Crippen molar-refractivity contribution in [3.63, 3.8) is 0 Å². The molecule has 1 aliphatic rings. The lowest BCUT2D eigenvalue weighted by atomic mass is 10.2. The van der Waals surface area contributed by atoms with Gasteiger partial charge in [0.2, 0.25) is 0 Å². The molecule has 19 heavy (non-hydrogen) atoms. The van der Waals surface area contributed by atoms with E-state index in [0.717, 1.165) is 29.1 Å². The summed E-state index contributed by atoms with van der Waals surface area (Å²) >= 11 is 3.23. The molecule has 2 aromatic heterocycles. The lowest BCUT2D eigenvalue weighted by Gasteiger charge is -2.30. The smallest absolute Gasteiger partial charge is 0.266 e. The molecule has 1 fully saturated rings. The molecule has 1 aliphatic heterocycles. The fraction of sp³-hybridized carbons (Fsp3) is 0.417. The molecule has 1 atom stereocenters. The second-order valence-electron chi connectivity index (χ2n) is 4.53. The number of nitrogen functional groups attached to an aromatic ring is 1. The van der Waals surface area contributed by atoms with E-state index >= 15 is 0 Å². The van der Waals surface area contributed by atoms with Gasteiger partial charge in [-0.3, -0.25) is 4.79 Å². The van der Waals surface area contributed by atoms with E-state index in [1.165, 1.54) is 11.3 Å².